The first kappa shape index (κ1) is 22.3. The minimum absolute atomic E-state index is 0.159. The van der Waals surface area contributed by atoms with Gasteiger partial charge in [-0.05, 0) is 48.9 Å². The molecule has 162 valence electrons. The Labute approximate surface area is 185 Å². The summed E-state index contributed by atoms with van der Waals surface area (Å²) in [7, 11) is 1.59. The number of benzene rings is 2. The van der Waals surface area contributed by atoms with Crippen molar-refractivity contribution >= 4 is 40.2 Å². The van der Waals surface area contributed by atoms with Gasteiger partial charge in [0.15, 0.2) is 11.3 Å². The van der Waals surface area contributed by atoms with Crippen molar-refractivity contribution in [3.05, 3.63) is 65.9 Å². The van der Waals surface area contributed by atoms with Crippen molar-refractivity contribution < 1.29 is 23.9 Å². The van der Waals surface area contributed by atoms with Gasteiger partial charge in [-0.2, -0.15) is 0 Å². The van der Waals surface area contributed by atoms with Gasteiger partial charge in [0.25, 0.3) is 0 Å². The smallest absolute Gasteiger partial charge is 0.244 e. The highest BCUT2D eigenvalue weighted by Gasteiger charge is 2.11. The predicted octanol–water partition coefficient (Wildman–Crippen LogP) is 4.08. The molecule has 1 heterocycles. The van der Waals surface area contributed by atoms with Gasteiger partial charge in [-0.15, -0.1) is 0 Å². The number of ether oxygens (including phenoxy) is 2. The topological polar surface area (TPSA) is 93.0 Å². The van der Waals surface area contributed by atoms with Crippen molar-refractivity contribution in [2.45, 2.75) is 19.4 Å². The summed E-state index contributed by atoms with van der Waals surface area (Å²) in [5.41, 5.74) is 3.27. The molecule has 0 fully saturated rings. The zero-order valence-corrected chi connectivity index (χ0v) is 18.1. The summed E-state index contributed by atoms with van der Waals surface area (Å²) in [6.45, 7) is 2.29. The molecule has 1 aromatic heterocycles. The molecule has 0 saturated carbocycles. The Morgan fingerprint density at radius 2 is 2.03 bits per heavy atom. The number of carbonyl (C=O) groups excluding carboxylic acids is 1. The van der Waals surface area contributed by atoms with Crippen molar-refractivity contribution in [2.24, 2.45) is 0 Å². The Morgan fingerprint density at radius 1 is 1.26 bits per heavy atom. The highest BCUT2D eigenvalue weighted by molar-refractivity contribution is 7.80. The van der Waals surface area contributed by atoms with E-state index in [9.17, 15) is 4.79 Å². The second-order valence-corrected chi connectivity index (χ2v) is 7.16. The number of para-hydroxylation sites is 1. The van der Waals surface area contributed by atoms with Gasteiger partial charge in [0, 0.05) is 17.0 Å². The van der Waals surface area contributed by atoms with Crippen molar-refractivity contribution in [3.8, 4) is 11.5 Å². The Hall–Kier alpha value is -3.36. The molecule has 8 heteroatoms. The zero-order chi connectivity index (χ0) is 22.2. The lowest BCUT2D eigenvalue weighted by atomic mass is 10.2. The van der Waals surface area contributed by atoms with Gasteiger partial charge in [-0.25, -0.2) is 0 Å². The van der Waals surface area contributed by atoms with E-state index >= 15 is 0 Å². The van der Waals surface area contributed by atoms with Crippen LogP contribution in [0, 0.1) is 0 Å². The average molecular weight is 441 g/mol. The lowest BCUT2D eigenvalue weighted by Crippen LogP contribution is -2.37. The Kier molecular flexibility index (Phi) is 7.64. The summed E-state index contributed by atoms with van der Waals surface area (Å²) in [5, 5.41) is 12.7. The van der Waals surface area contributed by atoms with E-state index in [0.717, 1.165) is 5.39 Å². The molecule has 3 N–H and O–H groups in total. The predicted molar refractivity (Wildman–Crippen MR) is 123 cm³/mol. The number of furan rings is 1. The summed E-state index contributed by atoms with van der Waals surface area (Å²) in [6.07, 6.45) is 3.77. The van der Waals surface area contributed by atoms with Gasteiger partial charge in [0.05, 0.1) is 13.2 Å². The number of hydroxylamine groups is 1. The SMILES string of the molecule is CC[C@H](COc1ccc(C(=S)NO)cc1)NC(=O)/C=C/c1cc2cccc(OC)c2o1. The molecule has 1 atom stereocenters. The van der Waals surface area contributed by atoms with Crippen LogP contribution < -0.4 is 20.3 Å². The molecule has 1 amide bonds. The van der Waals surface area contributed by atoms with Crippen LogP contribution in [-0.2, 0) is 4.79 Å². The minimum atomic E-state index is -0.238. The standard InChI is InChI=1S/C23H24N2O5S/c1-3-17(14-29-18-9-7-15(8-10-18)23(31)25-27)24-21(26)12-11-19-13-16-5-4-6-20(28-2)22(16)30-19/h4-13,17,27H,3,14H2,1-2H3,(H,24,26)(H,25,31)/b12-11+/t17-/m1/s1. The Bertz CT molecular complexity index is 1080. The molecule has 3 aromatic rings. The maximum absolute atomic E-state index is 12.3. The number of hydrogen-bond acceptors (Lipinski definition) is 6. The number of carbonyl (C=O) groups is 1. The lowest BCUT2D eigenvalue weighted by molar-refractivity contribution is -0.117. The second kappa shape index (κ2) is 10.6. The third kappa shape index (κ3) is 5.84. The molecule has 31 heavy (non-hydrogen) atoms. The van der Waals surface area contributed by atoms with Crippen LogP contribution in [0.25, 0.3) is 17.0 Å². The van der Waals surface area contributed by atoms with E-state index in [0.29, 0.717) is 41.4 Å². The fourth-order valence-electron chi connectivity index (χ4n) is 2.93. The number of thiocarbonyl (C=S) groups is 1. The van der Waals surface area contributed by atoms with E-state index in [1.165, 1.54) is 6.08 Å². The molecule has 2 aromatic carbocycles. The van der Waals surface area contributed by atoms with Crippen LogP contribution in [0.1, 0.15) is 24.7 Å². The van der Waals surface area contributed by atoms with Gasteiger partial charge in [-0.1, -0.05) is 31.3 Å². The minimum Gasteiger partial charge on any atom is -0.493 e. The Morgan fingerprint density at radius 3 is 2.71 bits per heavy atom. The van der Waals surface area contributed by atoms with Crippen LogP contribution >= 0.6 is 12.2 Å². The van der Waals surface area contributed by atoms with E-state index in [4.69, 9.17) is 31.3 Å². The number of fused-ring (bicyclic) bond motifs is 1. The van der Waals surface area contributed by atoms with Gasteiger partial charge in [0.1, 0.15) is 23.1 Å². The van der Waals surface area contributed by atoms with Crippen LogP contribution in [0.3, 0.4) is 0 Å². The maximum atomic E-state index is 12.3. The number of hydrogen-bond donors (Lipinski definition) is 3. The molecule has 0 radical (unpaired) electrons. The molecule has 0 bridgehead atoms. The Balaban J connectivity index is 1.55. The number of rotatable bonds is 9. The quantitative estimate of drug-likeness (QED) is 0.262. The number of methoxy groups -OCH3 is 1. The largest absolute Gasteiger partial charge is 0.493 e. The number of amides is 1. The van der Waals surface area contributed by atoms with Crippen LogP contribution in [0.5, 0.6) is 11.5 Å². The molecule has 3 rings (SSSR count). The summed E-state index contributed by atoms with van der Waals surface area (Å²) >= 11 is 4.96. The van der Waals surface area contributed by atoms with Gasteiger partial charge < -0.3 is 19.2 Å². The highest BCUT2D eigenvalue weighted by atomic mass is 32.1. The molecule has 0 aliphatic rings. The van der Waals surface area contributed by atoms with Crippen molar-refractivity contribution in [2.75, 3.05) is 13.7 Å². The van der Waals surface area contributed by atoms with Gasteiger partial charge >= 0.3 is 0 Å². The summed E-state index contributed by atoms with van der Waals surface area (Å²) < 4.78 is 16.8. The molecule has 0 aliphatic carbocycles. The molecule has 7 nitrogen and oxygen atoms in total. The average Bonchev–Trinajstić information content (AvgIpc) is 3.23. The van der Waals surface area contributed by atoms with Crippen LogP contribution in [0.15, 0.2) is 59.0 Å². The van der Waals surface area contributed by atoms with Gasteiger partial charge in [0.2, 0.25) is 5.91 Å². The van der Waals surface area contributed by atoms with E-state index in [2.05, 4.69) is 5.32 Å². The summed E-state index contributed by atoms with van der Waals surface area (Å²) in [6, 6.07) is 14.3. The van der Waals surface area contributed by atoms with E-state index < -0.39 is 0 Å². The van der Waals surface area contributed by atoms with E-state index in [-0.39, 0.29) is 16.9 Å². The molecule has 0 saturated heterocycles. The third-order valence-corrected chi connectivity index (χ3v) is 4.98. The zero-order valence-electron chi connectivity index (χ0n) is 17.3. The van der Waals surface area contributed by atoms with Gasteiger partial charge in [-0.3, -0.25) is 15.5 Å². The third-order valence-electron chi connectivity index (χ3n) is 4.65. The first-order valence-corrected chi connectivity index (χ1v) is 10.2. The lowest BCUT2D eigenvalue weighted by Gasteiger charge is -2.17. The highest BCUT2D eigenvalue weighted by Crippen LogP contribution is 2.28. The number of nitrogens with one attached hydrogen (secondary N) is 2. The fourth-order valence-corrected chi connectivity index (χ4v) is 3.07. The molecule has 0 unspecified atom stereocenters. The first-order valence-electron chi connectivity index (χ1n) is 9.76. The fraction of sp³-hybridized carbons (Fsp3) is 0.217. The van der Waals surface area contributed by atoms with Crippen molar-refractivity contribution in [1.29, 1.82) is 0 Å². The first-order chi connectivity index (χ1) is 15.0. The molecule has 0 aliphatic heterocycles. The summed E-state index contributed by atoms with van der Waals surface area (Å²) in [5.74, 6) is 1.61. The maximum Gasteiger partial charge on any atom is 0.244 e. The van der Waals surface area contributed by atoms with Crippen LogP contribution in [-0.4, -0.2) is 35.9 Å². The molecular formula is C23H24N2O5S. The monoisotopic (exact) mass is 440 g/mol. The van der Waals surface area contributed by atoms with Crippen LogP contribution in [0.2, 0.25) is 0 Å². The normalized spacial score (nSPS) is 12.0. The van der Waals surface area contributed by atoms with Crippen LogP contribution in [0.4, 0.5) is 0 Å². The molecule has 0 spiro atoms. The molecular weight excluding hydrogens is 416 g/mol. The second-order valence-electron chi connectivity index (χ2n) is 6.75. The summed E-state index contributed by atoms with van der Waals surface area (Å²) in [4.78, 5) is 12.6. The van der Waals surface area contributed by atoms with E-state index in [1.807, 2.05) is 36.7 Å². The van der Waals surface area contributed by atoms with Crippen molar-refractivity contribution in [1.82, 2.24) is 10.8 Å². The van der Waals surface area contributed by atoms with E-state index in [1.54, 1.807) is 37.5 Å². The van der Waals surface area contributed by atoms with Crippen molar-refractivity contribution in [3.63, 3.8) is 0 Å².